The van der Waals surface area contributed by atoms with E-state index in [1.807, 2.05) is 6.92 Å². The van der Waals surface area contributed by atoms with Crippen molar-refractivity contribution < 1.29 is 22.7 Å². The molecule has 4 heterocycles. The Hall–Kier alpha value is -2.33. The molecule has 1 aliphatic carbocycles. The molecule has 3 aliphatic rings. The van der Waals surface area contributed by atoms with Crippen LogP contribution in [0.2, 0.25) is 0 Å². The number of ether oxygens (including phenoxy) is 1. The monoisotopic (exact) mass is 423 g/mol. The summed E-state index contributed by atoms with van der Waals surface area (Å²) in [5.41, 5.74) is 2.26. The Labute approximate surface area is 171 Å². The molecule has 2 aliphatic heterocycles. The molecule has 1 saturated carbocycles. The van der Waals surface area contributed by atoms with Crippen LogP contribution < -0.4 is 10.8 Å². The lowest BCUT2D eigenvalue weighted by Gasteiger charge is -2.33. The molecule has 30 heavy (non-hydrogen) atoms. The maximum Gasteiger partial charge on any atom is 0.434 e. The Morgan fingerprint density at radius 1 is 1.30 bits per heavy atom. The summed E-state index contributed by atoms with van der Waals surface area (Å²) in [4.78, 5) is 9.73. The van der Waals surface area contributed by atoms with Gasteiger partial charge in [0.1, 0.15) is 5.60 Å². The first-order chi connectivity index (χ1) is 14.4. The molecule has 0 aromatic carbocycles. The van der Waals surface area contributed by atoms with E-state index in [9.17, 15) is 13.2 Å². The molecule has 2 N–H and O–H groups in total. The summed E-state index contributed by atoms with van der Waals surface area (Å²) < 4.78 is 49.4. The second kappa shape index (κ2) is 7.12. The van der Waals surface area contributed by atoms with Gasteiger partial charge in [0.15, 0.2) is 11.3 Å². The van der Waals surface area contributed by atoms with Gasteiger partial charge in [-0.1, -0.05) is 0 Å². The first-order valence-electron chi connectivity index (χ1n) is 10.4. The van der Waals surface area contributed by atoms with Crippen LogP contribution in [0.4, 0.5) is 18.9 Å². The molecular formula is C20H24F3N5O2. The zero-order valence-electron chi connectivity index (χ0n) is 16.7. The van der Waals surface area contributed by atoms with Crippen LogP contribution in [0.3, 0.4) is 0 Å². The zero-order valence-corrected chi connectivity index (χ0v) is 16.7. The Balaban J connectivity index is 1.72. The molecule has 2 aromatic heterocycles. The van der Waals surface area contributed by atoms with E-state index in [1.54, 1.807) is 12.3 Å². The van der Waals surface area contributed by atoms with Crippen LogP contribution in [-0.2, 0) is 22.3 Å². The van der Waals surface area contributed by atoms with Crippen molar-refractivity contribution in [3.63, 3.8) is 0 Å². The van der Waals surface area contributed by atoms with Gasteiger partial charge in [-0.25, -0.2) is 9.67 Å². The van der Waals surface area contributed by atoms with E-state index in [0.29, 0.717) is 36.5 Å². The number of halogens is 3. The highest BCUT2D eigenvalue weighted by Crippen LogP contribution is 2.46. The molecule has 0 radical (unpaired) electrons. The first kappa shape index (κ1) is 19.6. The zero-order chi connectivity index (χ0) is 20.9. The molecule has 0 atom stereocenters. The average molecular weight is 423 g/mol. The van der Waals surface area contributed by atoms with Crippen LogP contribution in [-0.4, -0.2) is 39.6 Å². The van der Waals surface area contributed by atoms with Crippen LogP contribution in [0.25, 0.3) is 16.7 Å². The van der Waals surface area contributed by atoms with E-state index in [1.165, 1.54) is 4.68 Å². The van der Waals surface area contributed by atoms with Gasteiger partial charge in [-0.2, -0.15) is 18.3 Å². The van der Waals surface area contributed by atoms with Crippen molar-refractivity contribution in [3.8, 4) is 0 Å². The number of hydroxylamine groups is 1. The third-order valence-corrected chi connectivity index (χ3v) is 6.16. The Morgan fingerprint density at radius 3 is 2.67 bits per heavy atom. The molecule has 0 unspecified atom stereocenters. The van der Waals surface area contributed by atoms with Crippen LogP contribution in [0, 0.1) is 0 Å². The number of hydrogen-bond acceptors (Lipinski definition) is 6. The number of nitrogens with one attached hydrogen (secondary N) is 2. The first-order valence-corrected chi connectivity index (χ1v) is 10.4. The molecule has 2 aromatic rings. The van der Waals surface area contributed by atoms with Gasteiger partial charge in [0.25, 0.3) is 0 Å². The van der Waals surface area contributed by atoms with Crippen molar-refractivity contribution in [1.29, 1.82) is 0 Å². The maximum absolute atomic E-state index is 14.2. The predicted molar refractivity (Wildman–Crippen MR) is 104 cm³/mol. The van der Waals surface area contributed by atoms with Gasteiger partial charge < -0.3 is 10.1 Å². The molecular weight excluding hydrogens is 399 g/mol. The second-order valence-corrected chi connectivity index (χ2v) is 8.12. The molecule has 10 heteroatoms. The molecule has 1 spiro atoms. The minimum atomic E-state index is -4.63. The van der Waals surface area contributed by atoms with Gasteiger partial charge in [0.05, 0.1) is 28.5 Å². The number of alkyl halides is 3. The number of aryl methyl sites for hydroxylation is 1. The lowest BCUT2D eigenvalue weighted by atomic mass is 9.79. The predicted octanol–water partition coefficient (Wildman–Crippen LogP) is 3.86. The summed E-state index contributed by atoms with van der Waals surface area (Å²) in [5.74, 6) is 0. The summed E-state index contributed by atoms with van der Waals surface area (Å²) in [6, 6.07) is 0.00902. The molecule has 0 bridgehead atoms. The summed E-state index contributed by atoms with van der Waals surface area (Å²) in [5, 5.41) is 8.21. The van der Waals surface area contributed by atoms with E-state index in [-0.39, 0.29) is 17.3 Å². The minimum Gasteiger partial charge on any atom is -0.381 e. The van der Waals surface area contributed by atoms with E-state index < -0.39 is 17.5 Å². The van der Waals surface area contributed by atoms with Crippen molar-refractivity contribution in [3.05, 3.63) is 23.5 Å². The fourth-order valence-electron chi connectivity index (χ4n) is 4.36. The van der Waals surface area contributed by atoms with Crippen LogP contribution in [0.5, 0.6) is 0 Å². The lowest BCUT2D eigenvalue weighted by molar-refractivity contribution is -0.141. The van der Waals surface area contributed by atoms with Gasteiger partial charge >= 0.3 is 6.18 Å². The van der Waals surface area contributed by atoms with Crippen LogP contribution >= 0.6 is 0 Å². The number of aromatic nitrogens is 3. The van der Waals surface area contributed by atoms with Crippen molar-refractivity contribution in [2.45, 2.75) is 63.4 Å². The normalized spacial score (nSPS) is 21.5. The topological polar surface area (TPSA) is 73.2 Å². The molecule has 0 amide bonds. The lowest BCUT2D eigenvalue weighted by Crippen LogP contribution is -2.36. The van der Waals surface area contributed by atoms with Crippen LogP contribution in [0.15, 0.2) is 12.3 Å². The number of anilines is 1. The van der Waals surface area contributed by atoms with E-state index in [4.69, 9.17) is 9.57 Å². The minimum absolute atomic E-state index is 0.000852. The highest BCUT2D eigenvalue weighted by Gasteiger charge is 2.45. The van der Waals surface area contributed by atoms with E-state index >= 15 is 0 Å². The Bertz CT molecular complexity index is 990. The standard InChI is InChI=1S/C20H24F3N5O2/c1-2-28-18-13(11-24-28)16(25-12-4-8-29-9-5-12)15(17(26-18)20(21,22)23)14-10-19(30-27-14)6-3-7-19/h10-12,27H,2-9H2,1H3,(H,25,26). The van der Waals surface area contributed by atoms with Gasteiger partial charge in [0.2, 0.25) is 0 Å². The molecule has 2 fully saturated rings. The fourth-order valence-corrected chi connectivity index (χ4v) is 4.36. The second-order valence-electron chi connectivity index (χ2n) is 8.12. The van der Waals surface area contributed by atoms with E-state index in [0.717, 1.165) is 32.1 Å². The fraction of sp³-hybridized carbons (Fsp3) is 0.600. The van der Waals surface area contributed by atoms with Gasteiger partial charge in [-0.15, -0.1) is 0 Å². The molecule has 1 saturated heterocycles. The summed E-state index contributed by atoms with van der Waals surface area (Å²) in [6.45, 7) is 3.41. The number of nitrogens with zero attached hydrogens (tertiary/aromatic N) is 3. The van der Waals surface area contributed by atoms with Crippen molar-refractivity contribution in [2.75, 3.05) is 18.5 Å². The maximum atomic E-state index is 14.2. The highest BCUT2D eigenvalue weighted by molar-refractivity contribution is 5.97. The van der Waals surface area contributed by atoms with Gasteiger partial charge in [-0.3, -0.25) is 10.3 Å². The van der Waals surface area contributed by atoms with E-state index in [2.05, 4.69) is 20.9 Å². The SMILES string of the molecule is CCn1ncc2c(NC3CCOCC3)c(C3=CC4(CCC4)ON3)c(C(F)(F)F)nc21. The highest BCUT2D eigenvalue weighted by atomic mass is 19.4. The van der Waals surface area contributed by atoms with Crippen molar-refractivity contribution in [1.82, 2.24) is 20.2 Å². The molecule has 7 nitrogen and oxygen atoms in total. The number of hydrogen-bond donors (Lipinski definition) is 2. The molecule has 162 valence electrons. The smallest absolute Gasteiger partial charge is 0.381 e. The number of pyridine rings is 1. The largest absolute Gasteiger partial charge is 0.434 e. The number of rotatable bonds is 4. The molecule has 5 rings (SSSR count). The Morgan fingerprint density at radius 2 is 2.07 bits per heavy atom. The van der Waals surface area contributed by atoms with Crippen LogP contribution in [0.1, 0.15) is 50.3 Å². The van der Waals surface area contributed by atoms with Gasteiger partial charge in [-0.05, 0) is 45.1 Å². The van der Waals surface area contributed by atoms with Crippen molar-refractivity contribution >= 4 is 22.4 Å². The third-order valence-electron chi connectivity index (χ3n) is 6.16. The number of fused-ring (bicyclic) bond motifs is 1. The Kier molecular flexibility index (Phi) is 4.66. The van der Waals surface area contributed by atoms with Crippen molar-refractivity contribution in [2.24, 2.45) is 0 Å². The average Bonchev–Trinajstić information content (AvgIpc) is 3.32. The quantitative estimate of drug-likeness (QED) is 0.778. The summed E-state index contributed by atoms with van der Waals surface area (Å²) in [6.07, 6.45) is 2.76. The summed E-state index contributed by atoms with van der Waals surface area (Å²) in [7, 11) is 0. The third kappa shape index (κ3) is 3.22. The van der Waals surface area contributed by atoms with Gasteiger partial charge in [0, 0.05) is 25.8 Å². The summed E-state index contributed by atoms with van der Waals surface area (Å²) >= 11 is 0.